The Hall–Kier alpha value is -3.16. The van der Waals surface area contributed by atoms with Crippen LogP contribution in [0, 0.1) is 0 Å². The van der Waals surface area contributed by atoms with E-state index >= 15 is 0 Å². The Morgan fingerprint density at radius 3 is 2.39 bits per heavy atom. The number of oxazole rings is 1. The first kappa shape index (κ1) is 19.8. The number of aromatic nitrogens is 3. The van der Waals surface area contributed by atoms with Crippen molar-refractivity contribution in [3.8, 4) is 11.3 Å². The molecule has 0 atom stereocenters. The lowest BCUT2D eigenvalue weighted by Crippen LogP contribution is -2.48. The summed E-state index contributed by atoms with van der Waals surface area (Å²) in [5.74, 6) is 1.80. The molecule has 3 aromatic rings. The van der Waals surface area contributed by atoms with Gasteiger partial charge >= 0.3 is 6.01 Å². The van der Waals surface area contributed by atoms with Gasteiger partial charge in [-0.2, -0.15) is 4.98 Å². The van der Waals surface area contributed by atoms with E-state index < -0.39 is 0 Å². The Balaban J connectivity index is 1.26. The highest BCUT2D eigenvalue weighted by Crippen LogP contribution is 2.34. The summed E-state index contributed by atoms with van der Waals surface area (Å²) < 4.78 is 10.8. The van der Waals surface area contributed by atoms with E-state index in [0.29, 0.717) is 17.8 Å². The van der Waals surface area contributed by atoms with Gasteiger partial charge in [-0.15, -0.1) is 0 Å². The molecule has 8 heteroatoms. The number of anilines is 1. The first-order chi connectivity index (χ1) is 15.1. The number of carbonyl (C=O) groups excluding carboxylic acids is 1. The molecule has 1 aromatic carbocycles. The van der Waals surface area contributed by atoms with Crippen molar-refractivity contribution in [3.05, 3.63) is 48.2 Å². The van der Waals surface area contributed by atoms with Crippen molar-refractivity contribution < 1.29 is 13.7 Å². The van der Waals surface area contributed by atoms with Crippen LogP contribution in [0.5, 0.6) is 0 Å². The van der Waals surface area contributed by atoms with E-state index in [1.807, 2.05) is 24.3 Å². The van der Waals surface area contributed by atoms with Crippen LogP contribution in [0.25, 0.3) is 11.3 Å². The molecule has 1 amide bonds. The fourth-order valence-corrected chi connectivity index (χ4v) is 4.19. The zero-order chi connectivity index (χ0) is 21.4. The van der Waals surface area contributed by atoms with Gasteiger partial charge in [0.05, 0.1) is 6.20 Å². The Kier molecular flexibility index (Phi) is 5.21. The van der Waals surface area contributed by atoms with Gasteiger partial charge in [-0.3, -0.25) is 4.79 Å². The Morgan fingerprint density at radius 1 is 1.10 bits per heavy atom. The fourth-order valence-electron chi connectivity index (χ4n) is 4.19. The second kappa shape index (κ2) is 8.17. The molecule has 0 N–H and O–H groups in total. The average molecular weight is 422 g/mol. The van der Waals surface area contributed by atoms with Gasteiger partial charge in [-0.1, -0.05) is 31.1 Å². The van der Waals surface area contributed by atoms with Crippen LogP contribution in [0.1, 0.15) is 61.6 Å². The maximum atomic E-state index is 13.4. The maximum absolute atomic E-state index is 13.4. The Bertz CT molecular complexity index is 1020. The lowest BCUT2D eigenvalue weighted by atomic mass is 10.0. The fraction of sp³-hybridized carbons (Fsp3) is 0.478. The number of nitrogens with zero attached hydrogens (tertiary/aromatic N) is 5. The van der Waals surface area contributed by atoms with Gasteiger partial charge in [0, 0.05) is 42.2 Å². The van der Waals surface area contributed by atoms with E-state index in [1.165, 1.54) is 6.39 Å². The van der Waals surface area contributed by atoms with Gasteiger partial charge in [-0.25, -0.2) is 4.98 Å². The molecule has 1 saturated heterocycles. The van der Waals surface area contributed by atoms with E-state index in [4.69, 9.17) is 8.94 Å². The zero-order valence-electron chi connectivity index (χ0n) is 17.9. The molecule has 2 fully saturated rings. The number of hydrogen-bond acceptors (Lipinski definition) is 7. The summed E-state index contributed by atoms with van der Waals surface area (Å²) in [6.45, 7) is 5.73. The molecule has 8 nitrogen and oxygen atoms in total. The van der Waals surface area contributed by atoms with Crippen molar-refractivity contribution in [1.29, 1.82) is 0 Å². The first-order valence-electron chi connectivity index (χ1n) is 11.0. The minimum atomic E-state index is 0.116. The third-order valence-corrected chi connectivity index (χ3v) is 6.10. The van der Waals surface area contributed by atoms with Gasteiger partial charge in [-0.05, 0) is 37.8 Å². The third-order valence-electron chi connectivity index (χ3n) is 6.10. The summed E-state index contributed by atoms with van der Waals surface area (Å²) in [6.07, 6.45) is 7.06. The van der Waals surface area contributed by atoms with Crippen LogP contribution in [0.15, 0.2) is 45.8 Å². The molecular formula is C23H27N5O3. The molecule has 0 unspecified atom stereocenters. The molecule has 1 aliphatic carbocycles. The second-order valence-corrected chi connectivity index (χ2v) is 8.69. The lowest BCUT2D eigenvalue weighted by Gasteiger charge is -2.38. The minimum absolute atomic E-state index is 0.116. The van der Waals surface area contributed by atoms with Crippen molar-refractivity contribution >= 4 is 11.9 Å². The number of amides is 1. The molecule has 0 bridgehead atoms. The predicted octanol–water partition coefficient (Wildman–Crippen LogP) is 4.12. The SMILES string of the molecule is CC(C)c1noc(N2CCC(N(C(=O)c3ccc(-c4cnco4)cc3)C3CC3)CC2)n1. The largest absolute Gasteiger partial charge is 0.444 e. The number of hydrogen-bond donors (Lipinski definition) is 0. The molecule has 2 aromatic heterocycles. The minimum Gasteiger partial charge on any atom is -0.444 e. The van der Waals surface area contributed by atoms with Gasteiger partial charge in [0.1, 0.15) is 0 Å². The first-order valence-corrected chi connectivity index (χ1v) is 11.0. The molecule has 5 rings (SSSR count). The monoisotopic (exact) mass is 421 g/mol. The third kappa shape index (κ3) is 4.06. The summed E-state index contributed by atoms with van der Waals surface area (Å²) in [4.78, 5) is 26.1. The normalized spacial score (nSPS) is 17.3. The van der Waals surface area contributed by atoms with E-state index in [0.717, 1.165) is 55.7 Å². The summed E-state index contributed by atoms with van der Waals surface area (Å²) in [5, 5.41) is 4.07. The number of carbonyl (C=O) groups is 1. The smallest absolute Gasteiger partial charge is 0.324 e. The van der Waals surface area contributed by atoms with Crippen molar-refractivity contribution in [2.45, 2.75) is 57.5 Å². The van der Waals surface area contributed by atoms with Crippen molar-refractivity contribution in [1.82, 2.24) is 20.0 Å². The standard InChI is InChI=1S/C23H27N5O3/c1-15(2)21-25-23(31-26-21)27-11-9-19(10-12-27)28(18-7-8-18)22(29)17-5-3-16(4-6-17)20-13-24-14-30-20/h3-6,13-15,18-19H,7-12H2,1-2H3. The van der Waals surface area contributed by atoms with Gasteiger partial charge in [0.15, 0.2) is 18.0 Å². The van der Waals surface area contributed by atoms with Crippen LogP contribution in [0.3, 0.4) is 0 Å². The van der Waals surface area contributed by atoms with Gasteiger partial charge in [0.2, 0.25) is 0 Å². The molecular weight excluding hydrogens is 394 g/mol. The molecule has 31 heavy (non-hydrogen) atoms. The molecule has 162 valence electrons. The van der Waals surface area contributed by atoms with Crippen LogP contribution in [-0.4, -0.2) is 51.1 Å². The molecule has 1 saturated carbocycles. The average Bonchev–Trinajstić information content (AvgIpc) is 3.27. The van der Waals surface area contributed by atoms with Crippen LogP contribution in [0.2, 0.25) is 0 Å². The summed E-state index contributed by atoms with van der Waals surface area (Å²) in [6, 6.07) is 8.79. The molecule has 0 spiro atoms. The summed E-state index contributed by atoms with van der Waals surface area (Å²) in [7, 11) is 0. The number of benzene rings is 1. The van der Waals surface area contributed by atoms with E-state index in [2.05, 4.69) is 38.8 Å². The molecule has 2 aliphatic rings. The maximum Gasteiger partial charge on any atom is 0.324 e. The highest BCUT2D eigenvalue weighted by Gasteiger charge is 2.39. The summed E-state index contributed by atoms with van der Waals surface area (Å²) in [5.41, 5.74) is 1.64. The van der Waals surface area contributed by atoms with Crippen LogP contribution < -0.4 is 4.90 Å². The molecule has 0 radical (unpaired) electrons. The lowest BCUT2D eigenvalue weighted by molar-refractivity contribution is 0.0629. The van der Waals surface area contributed by atoms with Crippen LogP contribution >= 0.6 is 0 Å². The molecule has 1 aliphatic heterocycles. The predicted molar refractivity (Wildman–Crippen MR) is 115 cm³/mol. The number of piperidine rings is 1. The topological polar surface area (TPSA) is 88.5 Å². The van der Waals surface area contributed by atoms with E-state index in [9.17, 15) is 4.79 Å². The van der Waals surface area contributed by atoms with E-state index in [1.54, 1.807) is 6.20 Å². The Labute approximate surface area is 181 Å². The van der Waals surface area contributed by atoms with Crippen molar-refractivity contribution in [2.24, 2.45) is 0 Å². The Morgan fingerprint density at radius 2 is 1.81 bits per heavy atom. The number of rotatable bonds is 6. The zero-order valence-corrected chi connectivity index (χ0v) is 17.9. The van der Waals surface area contributed by atoms with Gasteiger partial charge < -0.3 is 18.7 Å². The highest BCUT2D eigenvalue weighted by atomic mass is 16.5. The van der Waals surface area contributed by atoms with Crippen molar-refractivity contribution in [2.75, 3.05) is 18.0 Å². The van der Waals surface area contributed by atoms with E-state index in [-0.39, 0.29) is 17.9 Å². The summed E-state index contributed by atoms with van der Waals surface area (Å²) >= 11 is 0. The van der Waals surface area contributed by atoms with Gasteiger partial charge in [0.25, 0.3) is 5.91 Å². The highest BCUT2D eigenvalue weighted by molar-refractivity contribution is 5.95. The quantitative estimate of drug-likeness (QED) is 0.591. The molecule has 3 heterocycles. The van der Waals surface area contributed by atoms with Crippen LogP contribution in [-0.2, 0) is 0 Å². The van der Waals surface area contributed by atoms with Crippen molar-refractivity contribution in [3.63, 3.8) is 0 Å². The van der Waals surface area contributed by atoms with Crippen LogP contribution in [0.4, 0.5) is 6.01 Å². The second-order valence-electron chi connectivity index (χ2n) is 8.69.